The molecular formula is C14H17N. The normalized spacial score (nSPS) is 11.9. The van der Waals surface area contributed by atoms with Crippen LogP contribution in [-0.2, 0) is 6.42 Å². The van der Waals surface area contributed by atoms with Gasteiger partial charge in [-0.3, -0.25) is 0 Å². The maximum atomic E-state index is 5.40. The molecule has 1 aromatic rings. The molecule has 0 aliphatic heterocycles. The third-order valence-corrected chi connectivity index (χ3v) is 2.27. The van der Waals surface area contributed by atoms with E-state index in [2.05, 4.69) is 37.8 Å². The van der Waals surface area contributed by atoms with E-state index in [9.17, 15) is 0 Å². The summed E-state index contributed by atoms with van der Waals surface area (Å²) in [5.41, 5.74) is 8.98. The first-order valence-corrected chi connectivity index (χ1v) is 5.12. The standard InChI is InChI=1S/C14H17N/c1-3-5-13(10-11-15)14-8-6-12(4-2)7-9-14/h3,5-11H,1,4,15H2,2H3/b11-10-,13-5+. The Bertz CT molecular complexity index is 369. The molecule has 15 heavy (non-hydrogen) atoms. The minimum atomic E-state index is 1.06. The molecule has 0 aliphatic carbocycles. The van der Waals surface area contributed by atoms with Gasteiger partial charge in [0.15, 0.2) is 0 Å². The lowest BCUT2D eigenvalue weighted by Crippen LogP contribution is -1.85. The molecule has 1 heteroatoms. The fourth-order valence-electron chi connectivity index (χ4n) is 1.41. The summed E-state index contributed by atoms with van der Waals surface area (Å²) in [4.78, 5) is 0. The van der Waals surface area contributed by atoms with Crippen LogP contribution < -0.4 is 5.73 Å². The van der Waals surface area contributed by atoms with Crippen molar-refractivity contribution < 1.29 is 0 Å². The van der Waals surface area contributed by atoms with Gasteiger partial charge in [-0.25, -0.2) is 0 Å². The number of rotatable bonds is 4. The minimum absolute atomic E-state index is 1.06. The highest BCUT2D eigenvalue weighted by Gasteiger charge is 1.96. The van der Waals surface area contributed by atoms with E-state index in [1.54, 1.807) is 12.3 Å². The summed E-state index contributed by atoms with van der Waals surface area (Å²) in [5.74, 6) is 0. The van der Waals surface area contributed by atoms with Gasteiger partial charge in [0.05, 0.1) is 0 Å². The highest BCUT2D eigenvalue weighted by Crippen LogP contribution is 2.16. The second-order valence-corrected chi connectivity index (χ2v) is 3.27. The smallest absolute Gasteiger partial charge is 0.00561 e. The first kappa shape index (κ1) is 11.3. The highest BCUT2D eigenvalue weighted by atomic mass is 14.5. The topological polar surface area (TPSA) is 26.0 Å². The van der Waals surface area contributed by atoms with Crippen molar-refractivity contribution in [2.24, 2.45) is 5.73 Å². The van der Waals surface area contributed by atoms with Crippen LogP contribution in [-0.4, -0.2) is 0 Å². The van der Waals surface area contributed by atoms with Crippen molar-refractivity contribution in [1.29, 1.82) is 0 Å². The van der Waals surface area contributed by atoms with Gasteiger partial charge >= 0.3 is 0 Å². The van der Waals surface area contributed by atoms with Gasteiger partial charge in [0, 0.05) is 0 Å². The fraction of sp³-hybridized carbons (Fsp3) is 0.143. The molecule has 0 radical (unpaired) electrons. The largest absolute Gasteiger partial charge is 0.405 e. The number of aryl methyl sites for hydroxylation is 1. The summed E-state index contributed by atoms with van der Waals surface area (Å²) < 4.78 is 0. The number of nitrogens with two attached hydrogens (primary N) is 1. The molecule has 0 spiro atoms. The van der Waals surface area contributed by atoms with Crippen LogP contribution in [0, 0.1) is 0 Å². The van der Waals surface area contributed by atoms with Crippen molar-refractivity contribution in [2.75, 3.05) is 0 Å². The summed E-state index contributed by atoms with van der Waals surface area (Å²) >= 11 is 0. The molecule has 0 heterocycles. The van der Waals surface area contributed by atoms with Crippen LogP contribution in [0.2, 0.25) is 0 Å². The number of hydrogen-bond donors (Lipinski definition) is 1. The van der Waals surface area contributed by atoms with Crippen LogP contribution in [0.3, 0.4) is 0 Å². The van der Waals surface area contributed by atoms with E-state index in [1.807, 2.05) is 12.2 Å². The molecule has 0 atom stereocenters. The monoisotopic (exact) mass is 199 g/mol. The van der Waals surface area contributed by atoms with E-state index in [0.29, 0.717) is 0 Å². The highest BCUT2D eigenvalue weighted by molar-refractivity contribution is 5.75. The first-order chi connectivity index (χ1) is 7.31. The van der Waals surface area contributed by atoms with E-state index < -0.39 is 0 Å². The SMILES string of the molecule is C=C/C=C(\C=C/N)c1ccc(CC)cc1. The van der Waals surface area contributed by atoms with E-state index >= 15 is 0 Å². The van der Waals surface area contributed by atoms with Crippen molar-refractivity contribution >= 4 is 5.57 Å². The third-order valence-electron chi connectivity index (χ3n) is 2.27. The van der Waals surface area contributed by atoms with Crippen molar-refractivity contribution in [1.82, 2.24) is 0 Å². The predicted octanol–water partition coefficient (Wildman–Crippen LogP) is 3.29. The molecule has 0 saturated carbocycles. The molecule has 1 rings (SSSR count). The van der Waals surface area contributed by atoms with E-state index in [0.717, 1.165) is 17.6 Å². The van der Waals surface area contributed by atoms with Crippen LogP contribution in [0.15, 0.2) is 55.3 Å². The van der Waals surface area contributed by atoms with Crippen LogP contribution in [0.1, 0.15) is 18.1 Å². The quantitative estimate of drug-likeness (QED) is 0.740. The molecule has 0 saturated heterocycles. The molecule has 0 amide bonds. The van der Waals surface area contributed by atoms with Gasteiger partial charge in [-0.1, -0.05) is 49.9 Å². The number of hydrogen-bond acceptors (Lipinski definition) is 1. The van der Waals surface area contributed by atoms with Crippen molar-refractivity contribution in [3.8, 4) is 0 Å². The number of allylic oxidation sites excluding steroid dienone is 4. The van der Waals surface area contributed by atoms with Gasteiger partial charge in [0.1, 0.15) is 0 Å². The van der Waals surface area contributed by atoms with Crippen molar-refractivity contribution in [3.63, 3.8) is 0 Å². The second kappa shape index (κ2) is 5.86. The van der Waals surface area contributed by atoms with E-state index in [1.165, 1.54) is 5.56 Å². The first-order valence-electron chi connectivity index (χ1n) is 5.12. The third kappa shape index (κ3) is 3.13. The summed E-state index contributed by atoms with van der Waals surface area (Å²) in [6, 6.07) is 8.48. The molecule has 0 unspecified atom stereocenters. The molecule has 0 fully saturated rings. The van der Waals surface area contributed by atoms with Gasteiger partial charge in [0.2, 0.25) is 0 Å². The molecule has 78 valence electrons. The van der Waals surface area contributed by atoms with Crippen LogP contribution in [0.5, 0.6) is 0 Å². The Morgan fingerprint density at radius 3 is 2.47 bits per heavy atom. The average Bonchev–Trinajstić information content (AvgIpc) is 2.29. The lowest BCUT2D eigenvalue weighted by molar-refractivity contribution is 1.14. The van der Waals surface area contributed by atoms with Gasteiger partial charge in [0.25, 0.3) is 0 Å². The Labute approximate surface area is 91.6 Å². The fourth-order valence-corrected chi connectivity index (χ4v) is 1.41. The Kier molecular flexibility index (Phi) is 4.42. The molecule has 0 bridgehead atoms. The molecule has 1 nitrogen and oxygen atoms in total. The minimum Gasteiger partial charge on any atom is -0.405 e. The predicted molar refractivity (Wildman–Crippen MR) is 67.3 cm³/mol. The Morgan fingerprint density at radius 1 is 1.33 bits per heavy atom. The van der Waals surface area contributed by atoms with Crippen LogP contribution >= 0.6 is 0 Å². The zero-order valence-electron chi connectivity index (χ0n) is 9.11. The van der Waals surface area contributed by atoms with Gasteiger partial charge in [-0.2, -0.15) is 0 Å². The Morgan fingerprint density at radius 2 is 2.00 bits per heavy atom. The molecule has 0 aliphatic rings. The summed E-state index contributed by atoms with van der Waals surface area (Å²) in [6.45, 7) is 5.84. The molecule has 0 aromatic heterocycles. The Hall–Kier alpha value is -1.76. The lowest BCUT2D eigenvalue weighted by Gasteiger charge is -2.03. The van der Waals surface area contributed by atoms with Gasteiger partial charge < -0.3 is 5.73 Å². The maximum Gasteiger partial charge on any atom is -0.00561 e. The zero-order chi connectivity index (χ0) is 11.1. The van der Waals surface area contributed by atoms with E-state index in [-0.39, 0.29) is 0 Å². The summed E-state index contributed by atoms with van der Waals surface area (Å²) in [7, 11) is 0. The summed E-state index contributed by atoms with van der Waals surface area (Å²) in [6.07, 6.45) is 8.20. The summed E-state index contributed by atoms with van der Waals surface area (Å²) in [5, 5.41) is 0. The molecule has 2 N–H and O–H groups in total. The lowest BCUT2D eigenvalue weighted by atomic mass is 10.0. The zero-order valence-corrected chi connectivity index (χ0v) is 9.11. The van der Waals surface area contributed by atoms with Crippen molar-refractivity contribution in [2.45, 2.75) is 13.3 Å². The molecule has 1 aromatic carbocycles. The Balaban J connectivity index is 3.02. The number of benzene rings is 1. The van der Waals surface area contributed by atoms with Crippen LogP contribution in [0.25, 0.3) is 5.57 Å². The van der Waals surface area contributed by atoms with E-state index in [4.69, 9.17) is 5.73 Å². The van der Waals surface area contributed by atoms with Crippen molar-refractivity contribution in [3.05, 3.63) is 66.4 Å². The molecular weight excluding hydrogens is 182 g/mol. The second-order valence-electron chi connectivity index (χ2n) is 3.27. The van der Waals surface area contributed by atoms with Gasteiger partial charge in [-0.15, -0.1) is 0 Å². The van der Waals surface area contributed by atoms with Crippen LogP contribution in [0.4, 0.5) is 0 Å². The maximum absolute atomic E-state index is 5.40. The average molecular weight is 199 g/mol. The van der Waals surface area contributed by atoms with Gasteiger partial charge in [-0.05, 0) is 35.4 Å².